The van der Waals surface area contributed by atoms with Gasteiger partial charge in [0.1, 0.15) is 0 Å². The Morgan fingerprint density at radius 1 is 0.395 bits per heavy atom. The van der Waals surface area contributed by atoms with Gasteiger partial charge in [-0.25, -0.2) is 0 Å². The molecule has 0 amide bonds. The minimum absolute atomic E-state index is 0.445. The molecular formula is C40H36P2S. The molecular weight excluding hydrogens is 574 g/mol. The lowest BCUT2D eigenvalue weighted by molar-refractivity contribution is 0.765. The number of rotatable bonds is 6. The summed E-state index contributed by atoms with van der Waals surface area (Å²) < 4.78 is 3.22. The molecule has 212 valence electrons. The summed E-state index contributed by atoms with van der Waals surface area (Å²) >= 11 is 2.14. The van der Waals surface area contributed by atoms with Crippen molar-refractivity contribution in [2.45, 2.75) is 48.3 Å². The van der Waals surface area contributed by atoms with Crippen molar-refractivity contribution in [3.63, 3.8) is 0 Å². The highest BCUT2D eigenvalue weighted by Gasteiger charge is 2.46. The van der Waals surface area contributed by atoms with Crippen LogP contribution >= 0.6 is 27.2 Å². The van der Waals surface area contributed by atoms with Gasteiger partial charge >= 0.3 is 0 Å². The second-order valence-electron chi connectivity index (χ2n) is 11.9. The summed E-state index contributed by atoms with van der Waals surface area (Å²) in [5, 5.41) is 3.27. The highest BCUT2D eigenvalue weighted by Crippen LogP contribution is 2.74. The van der Waals surface area contributed by atoms with Crippen LogP contribution in [0.2, 0.25) is 0 Å². The summed E-state index contributed by atoms with van der Waals surface area (Å²) in [5.74, 6) is 0. The minimum Gasteiger partial charge on any atom is -0.135 e. The van der Waals surface area contributed by atoms with Crippen LogP contribution in [0.5, 0.6) is 0 Å². The van der Waals surface area contributed by atoms with E-state index in [2.05, 4.69) is 157 Å². The third-order valence-corrected chi connectivity index (χ3v) is 18.3. The molecule has 0 nitrogen and oxygen atoms in total. The first kappa shape index (κ1) is 27.5. The molecule has 0 radical (unpaired) electrons. The molecule has 0 unspecified atom stereocenters. The van der Waals surface area contributed by atoms with Gasteiger partial charge < -0.3 is 0 Å². The Labute approximate surface area is 262 Å². The molecule has 43 heavy (non-hydrogen) atoms. The van der Waals surface area contributed by atoms with Crippen LogP contribution < -0.4 is 9.92 Å². The van der Waals surface area contributed by atoms with Gasteiger partial charge in [-0.1, -0.05) is 147 Å². The minimum atomic E-state index is -0.469. The summed E-state index contributed by atoms with van der Waals surface area (Å²) in [7, 11) is -0.913. The predicted molar refractivity (Wildman–Crippen MR) is 190 cm³/mol. The molecule has 0 bridgehead atoms. The maximum absolute atomic E-state index is 2.45. The Bertz CT molecular complexity index is 1700. The van der Waals surface area contributed by atoms with Crippen LogP contribution in [0.3, 0.4) is 0 Å². The van der Waals surface area contributed by atoms with Gasteiger partial charge in [0.15, 0.2) is 0 Å². The first-order valence-electron chi connectivity index (χ1n) is 15.6. The Kier molecular flexibility index (Phi) is 7.75. The first-order chi connectivity index (χ1) is 21.4. The van der Waals surface area contributed by atoms with E-state index in [1.165, 1.54) is 58.0 Å². The van der Waals surface area contributed by atoms with Crippen molar-refractivity contribution < 1.29 is 0 Å². The van der Waals surface area contributed by atoms with E-state index < -0.39 is 15.8 Å². The Hall–Kier alpha value is -3.08. The number of fused-ring (bicyclic) bond motifs is 1. The van der Waals surface area contributed by atoms with E-state index in [9.17, 15) is 0 Å². The van der Waals surface area contributed by atoms with E-state index in [4.69, 9.17) is 0 Å². The molecule has 8 rings (SSSR count). The van der Waals surface area contributed by atoms with Crippen molar-refractivity contribution in [2.75, 3.05) is 0 Å². The van der Waals surface area contributed by atoms with Crippen molar-refractivity contribution in [3.8, 4) is 0 Å². The molecule has 0 aliphatic carbocycles. The second kappa shape index (κ2) is 12.1. The number of benzene rings is 5. The lowest BCUT2D eigenvalue weighted by Gasteiger charge is -2.32. The lowest BCUT2D eigenvalue weighted by atomic mass is 10.0. The van der Waals surface area contributed by atoms with Crippen LogP contribution in [0.25, 0.3) is 10.1 Å². The molecule has 4 atom stereocenters. The van der Waals surface area contributed by atoms with Crippen LogP contribution in [-0.2, 0) is 0 Å². The predicted octanol–water partition coefficient (Wildman–Crippen LogP) is 11.7. The average Bonchev–Trinajstić information content (AvgIpc) is 3.81. The van der Waals surface area contributed by atoms with E-state index in [0.29, 0.717) is 22.6 Å². The molecule has 0 saturated carbocycles. The zero-order chi connectivity index (χ0) is 28.6. The molecule has 2 saturated heterocycles. The smallest absolute Gasteiger partial charge is 0.0379 e. The fourth-order valence-electron chi connectivity index (χ4n) is 7.67. The summed E-state index contributed by atoms with van der Waals surface area (Å²) in [6.07, 6.45) is 5.07. The van der Waals surface area contributed by atoms with Crippen molar-refractivity contribution >= 4 is 47.2 Å². The molecule has 2 aliphatic heterocycles. The van der Waals surface area contributed by atoms with Gasteiger partial charge in [0.2, 0.25) is 0 Å². The third-order valence-electron chi connectivity index (χ3n) is 9.55. The van der Waals surface area contributed by atoms with Gasteiger partial charge in [0.25, 0.3) is 0 Å². The summed E-state index contributed by atoms with van der Waals surface area (Å²) in [6.45, 7) is 0. The van der Waals surface area contributed by atoms with Gasteiger partial charge in [-0.05, 0) is 61.9 Å². The van der Waals surface area contributed by atoms with E-state index in [-0.39, 0.29) is 0 Å². The monoisotopic (exact) mass is 610 g/mol. The Balaban J connectivity index is 1.37. The van der Waals surface area contributed by atoms with E-state index in [1.807, 2.05) is 0 Å². The van der Waals surface area contributed by atoms with E-state index >= 15 is 0 Å². The fourth-order valence-corrected chi connectivity index (χ4v) is 18.0. The highest BCUT2D eigenvalue weighted by molar-refractivity contribution is 7.78. The number of thiophene rings is 1. The normalized spacial score (nSPS) is 22.8. The zero-order valence-electron chi connectivity index (χ0n) is 24.3. The maximum Gasteiger partial charge on any atom is 0.0379 e. The number of hydrogen-bond donors (Lipinski definition) is 0. The molecule has 0 spiro atoms. The number of hydrogen-bond acceptors (Lipinski definition) is 1. The topological polar surface area (TPSA) is 0 Å². The van der Waals surface area contributed by atoms with E-state index in [1.54, 1.807) is 9.92 Å². The molecule has 1 aromatic heterocycles. The highest BCUT2D eigenvalue weighted by atomic mass is 32.1. The summed E-state index contributed by atoms with van der Waals surface area (Å²) in [6, 6.07) is 55.4. The van der Waals surface area contributed by atoms with Crippen LogP contribution in [0, 0.1) is 0 Å². The second-order valence-corrected chi connectivity index (χ2v) is 18.3. The standard InChI is InChI=1S/C40H36P2S/c1-5-15-29(16-6-1)34-25-26-35(30-17-7-2-8-18-30)41(34)39-33-23-13-14-24-38(33)43-40(39)42-36(31-19-9-3-10-20-31)27-28-37(42)32-21-11-4-12-22-32/h1-24,34-37H,25-28H2/t34-,35-,36-,37-/m1/s1. The van der Waals surface area contributed by atoms with Crippen LogP contribution in [0.1, 0.15) is 70.6 Å². The molecule has 2 aliphatic rings. The van der Waals surface area contributed by atoms with Crippen molar-refractivity contribution in [1.29, 1.82) is 0 Å². The third kappa shape index (κ3) is 5.11. The van der Waals surface area contributed by atoms with Crippen LogP contribution in [-0.4, -0.2) is 0 Å². The first-order valence-corrected chi connectivity index (χ1v) is 19.4. The lowest BCUT2D eigenvalue weighted by Crippen LogP contribution is -2.22. The van der Waals surface area contributed by atoms with Gasteiger partial charge in [-0.3, -0.25) is 0 Å². The fraction of sp³-hybridized carbons (Fsp3) is 0.200. The van der Waals surface area contributed by atoms with Gasteiger partial charge in [-0.2, -0.15) is 0 Å². The van der Waals surface area contributed by atoms with Crippen molar-refractivity contribution in [2.24, 2.45) is 0 Å². The molecule has 6 aromatic rings. The van der Waals surface area contributed by atoms with Crippen molar-refractivity contribution in [3.05, 3.63) is 168 Å². The zero-order valence-corrected chi connectivity index (χ0v) is 26.9. The molecule has 5 aromatic carbocycles. The van der Waals surface area contributed by atoms with Crippen LogP contribution in [0.15, 0.2) is 146 Å². The van der Waals surface area contributed by atoms with E-state index in [0.717, 1.165) is 0 Å². The molecule has 0 N–H and O–H groups in total. The summed E-state index contributed by atoms with van der Waals surface area (Å²) in [4.78, 5) is 0. The van der Waals surface area contributed by atoms with Crippen LogP contribution in [0.4, 0.5) is 0 Å². The summed E-state index contributed by atoms with van der Waals surface area (Å²) in [5.41, 5.74) is 8.50. The average molecular weight is 611 g/mol. The Morgan fingerprint density at radius 2 is 0.744 bits per heavy atom. The largest absolute Gasteiger partial charge is 0.135 e. The quantitative estimate of drug-likeness (QED) is 0.165. The van der Waals surface area contributed by atoms with Gasteiger partial charge in [0.05, 0.1) is 0 Å². The van der Waals surface area contributed by atoms with Gasteiger partial charge in [0, 0.05) is 42.6 Å². The maximum atomic E-state index is 2.45. The molecule has 2 fully saturated rings. The SMILES string of the molecule is c1ccc([C@H]2CC[C@H](c3ccccc3)P2c2sc3ccccc3c2P2[C@@H](c3ccccc3)CC[C@@H]2c2ccccc2)cc1. The molecule has 3 heterocycles. The van der Waals surface area contributed by atoms with Crippen molar-refractivity contribution in [1.82, 2.24) is 0 Å². The molecule has 3 heteroatoms. The Morgan fingerprint density at radius 3 is 1.16 bits per heavy atom. The van der Waals surface area contributed by atoms with Gasteiger partial charge in [-0.15, -0.1) is 11.3 Å².